The van der Waals surface area contributed by atoms with Crippen LogP contribution in [-0.2, 0) is 6.61 Å². The molecule has 92 valence electrons. The van der Waals surface area contributed by atoms with Gasteiger partial charge in [-0.25, -0.2) is 0 Å². The van der Waals surface area contributed by atoms with Crippen LogP contribution in [0.1, 0.15) is 15.9 Å². The van der Waals surface area contributed by atoms with Gasteiger partial charge in [0.15, 0.2) is 17.8 Å². The maximum Gasteiger partial charge on any atom is 0.231 e. The van der Waals surface area contributed by atoms with Crippen molar-refractivity contribution in [1.29, 1.82) is 0 Å². The lowest BCUT2D eigenvalue weighted by Crippen LogP contribution is -1.93. The number of aldehydes is 1. The van der Waals surface area contributed by atoms with E-state index >= 15 is 0 Å². The standard InChI is InChI=1S/C13H10O5/c14-4-9-6-16-13(10(9)5-15)8-1-2-11-12(3-8)18-7-17-11/h1-4,6,15H,5,7H2. The molecule has 0 fully saturated rings. The zero-order valence-corrected chi connectivity index (χ0v) is 9.38. The molecule has 1 N–H and O–H groups in total. The van der Waals surface area contributed by atoms with Crippen LogP contribution in [0.25, 0.3) is 11.3 Å². The minimum absolute atomic E-state index is 0.198. The lowest BCUT2D eigenvalue weighted by molar-refractivity contribution is 0.112. The Morgan fingerprint density at radius 1 is 1.28 bits per heavy atom. The number of furan rings is 1. The fourth-order valence-corrected chi connectivity index (χ4v) is 1.94. The van der Waals surface area contributed by atoms with Gasteiger partial charge in [0.05, 0.1) is 12.2 Å². The van der Waals surface area contributed by atoms with Crippen molar-refractivity contribution in [2.24, 2.45) is 0 Å². The zero-order valence-electron chi connectivity index (χ0n) is 9.38. The highest BCUT2D eigenvalue weighted by Crippen LogP contribution is 2.37. The number of hydrogen-bond acceptors (Lipinski definition) is 5. The SMILES string of the molecule is O=Cc1coc(-c2ccc3c(c2)OCO3)c1CO. The van der Waals surface area contributed by atoms with Crippen molar-refractivity contribution in [3.63, 3.8) is 0 Å². The fraction of sp³-hybridized carbons (Fsp3) is 0.154. The number of hydrogen-bond donors (Lipinski definition) is 1. The molecule has 0 spiro atoms. The number of carbonyl (C=O) groups excluding carboxylic acids is 1. The maximum atomic E-state index is 10.8. The number of carbonyl (C=O) groups is 1. The van der Waals surface area contributed by atoms with Crippen LogP contribution in [0.5, 0.6) is 11.5 Å². The smallest absolute Gasteiger partial charge is 0.231 e. The molecule has 5 nitrogen and oxygen atoms in total. The van der Waals surface area contributed by atoms with E-state index in [4.69, 9.17) is 13.9 Å². The Morgan fingerprint density at radius 2 is 2.11 bits per heavy atom. The molecule has 0 radical (unpaired) electrons. The first-order valence-electron chi connectivity index (χ1n) is 5.40. The van der Waals surface area contributed by atoms with Crippen LogP contribution in [0.4, 0.5) is 0 Å². The number of fused-ring (bicyclic) bond motifs is 1. The molecule has 1 aromatic heterocycles. The third kappa shape index (κ3) is 1.56. The van der Waals surface area contributed by atoms with Gasteiger partial charge in [-0.2, -0.15) is 0 Å². The lowest BCUT2D eigenvalue weighted by atomic mass is 10.1. The van der Waals surface area contributed by atoms with Gasteiger partial charge in [-0.15, -0.1) is 0 Å². The maximum absolute atomic E-state index is 10.8. The van der Waals surface area contributed by atoms with E-state index < -0.39 is 0 Å². The van der Waals surface area contributed by atoms with Gasteiger partial charge in [-0.1, -0.05) is 0 Å². The van der Waals surface area contributed by atoms with E-state index in [1.54, 1.807) is 18.2 Å². The summed E-state index contributed by atoms with van der Waals surface area (Å²) in [6.45, 7) is -0.0578. The second kappa shape index (κ2) is 4.19. The highest BCUT2D eigenvalue weighted by atomic mass is 16.7. The Bertz CT molecular complexity index is 599. The number of ether oxygens (including phenoxy) is 2. The summed E-state index contributed by atoms with van der Waals surface area (Å²) in [7, 11) is 0. The Labute approximate surface area is 103 Å². The van der Waals surface area contributed by atoms with E-state index in [1.165, 1.54) is 6.26 Å². The van der Waals surface area contributed by atoms with Crippen molar-refractivity contribution >= 4 is 6.29 Å². The van der Waals surface area contributed by atoms with Crippen molar-refractivity contribution in [3.05, 3.63) is 35.6 Å². The molecule has 0 aliphatic carbocycles. The predicted molar refractivity (Wildman–Crippen MR) is 61.6 cm³/mol. The third-order valence-corrected chi connectivity index (χ3v) is 2.85. The van der Waals surface area contributed by atoms with Crippen molar-refractivity contribution in [2.75, 3.05) is 6.79 Å². The van der Waals surface area contributed by atoms with Crippen LogP contribution in [0, 0.1) is 0 Å². The zero-order chi connectivity index (χ0) is 12.5. The Hall–Kier alpha value is -2.27. The molecule has 0 atom stereocenters. The van der Waals surface area contributed by atoms with E-state index in [1.807, 2.05) is 0 Å². The van der Waals surface area contributed by atoms with Gasteiger partial charge < -0.3 is 19.0 Å². The number of aliphatic hydroxyl groups is 1. The molecule has 1 aliphatic heterocycles. The quantitative estimate of drug-likeness (QED) is 0.838. The molecule has 0 unspecified atom stereocenters. The van der Waals surface area contributed by atoms with E-state index in [9.17, 15) is 9.90 Å². The summed E-state index contributed by atoms with van der Waals surface area (Å²) in [6.07, 6.45) is 1.99. The second-order valence-corrected chi connectivity index (χ2v) is 3.84. The van der Waals surface area contributed by atoms with Crippen LogP contribution in [-0.4, -0.2) is 18.2 Å². The molecule has 1 aliphatic rings. The first-order valence-corrected chi connectivity index (χ1v) is 5.40. The largest absolute Gasteiger partial charge is 0.463 e. The fourth-order valence-electron chi connectivity index (χ4n) is 1.94. The summed E-state index contributed by atoms with van der Waals surface area (Å²) >= 11 is 0. The third-order valence-electron chi connectivity index (χ3n) is 2.85. The van der Waals surface area contributed by atoms with Gasteiger partial charge >= 0.3 is 0 Å². The van der Waals surface area contributed by atoms with E-state index in [0.717, 1.165) is 5.56 Å². The molecule has 3 rings (SSSR count). The number of rotatable bonds is 3. The highest BCUT2D eigenvalue weighted by molar-refractivity contribution is 5.81. The molecule has 0 saturated heterocycles. The van der Waals surface area contributed by atoms with E-state index in [-0.39, 0.29) is 13.4 Å². The van der Waals surface area contributed by atoms with Crippen LogP contribution in [0.2, 0.25) is 0 Å². The Kier molecular flexibility index (Phi) is 2.53. The normalized spacial score (nSPS) is 12.7. The number of benzene rings is 1. The highest BCUT2D eigenvalue weighted by Gasteiger charge is 2.18. The van der Waals surface area contributed by atoms with E-state index in [0.29, 0.717) is 34.7 Å². The summed E-state index contributed by atoms with van der Waals surface area (Å²) < 4.78 is 15.8. The predicted octanol–water partition coefficient (Wildman–Crippen LogP) is 1.98. The topological polar surface area (TPSA) is 68.9 Å². The summed E-state index contributed by atoms with van der Waals surface area (Å²) in [4.78, 5) is 10.8. The van der Waals surface area contributed by atoms with Gasteiger partial charge in [0.2, 0.25) is 6.79 Å². The monoisotopic (exact) mass is 246 g/mol. The van der Waals surface area contributed by atoms with Gasteiger partial charge in [0.1, 0.15) is 12.0 Å². The van der Waals surface area contributed by atoms with Gasteiger partial charge in [0.25, 0.3) is 0 Å². The van der Waals surface area contributed by atoms with Crippen LogP contribution in [0.15, 0.2) is 28.9 Å². The summed E-state index contributed by atoms with van der Waals surface area (Å²) in [6, 6.07) is 5.32. The summed E-state index contributed by atoms with van der Waals surface area (Å²) in [5.41, 5.74) is 1.56. The minimum atomic E-state index is -0.256. The van der Waals surface area contributed by atoms with Gasteiger partial charge in [-0.3, -0.25) is 4.79 Å². The molecule has 0 bridgehead atoms. The van der Waals surface area contributed by atoms with E-state index in [2.05, 4.69) is 0 Å². The molecule has 18 heavy (non-hydrogen) atoms. The average molecular weight is 246 g/mol. The first-order chi connectivity index (χ1) is 8.83. The second-order valence-electron chi connectivity index (χ2n) is 3.84. The molecule has 2 heterocycles. The summed E-state index contributed by atoms with van der Waals surface area (Å²) in [5, 5.41) is 9.30. The number of aliphatic hydroxyl groups excluding tert-OH is 1. The van der Waals surface area contributed by atoms with Gasteiger partial charge in [-0.05, 0) is 18.2 Å². The Morgan fingerprint density at radius 3 is 2.89 bits per heavy atom. The van der Waals surface area contributed by atoms with Crippen molar-refractivity contribution in [2.45, 2.75) is 6.61 Å². The van der Waals surface area contributed by atoms with Crippen LogP contribution in [0.3, 0.4) is 0 Å². The molecule has 2 aromatic rings. The molecule has 1 aromatic carbocycles. The molecule has 0 amide bonds. The molecular weight excluding hydrogens is 236 g/mol. The molecule has 0 saturated carbocycles. The average Bonchev–Trinajstić information content (AvgIpc) is 3.03. The molecule has 5 heteroatoms. The van der Waals surface area contributed by atoms with Crippen molar-refractivity contribution in [1.82, 2.24) is 0 Å². The van der Waals surface area contributed by atoms with Crippen molar-refractivity contribution < 1.29 is 23.8 Å². The summed E-state index contributed by atoms with van der Waals surface area (Å²) in [5.74, 6) is 1.77. The van der Waals surface area contributed by atoms with Gasteiger partial charge in [0, 0.05) is 11.1 Å². The van der Waals surface area contributed by atoms with Crippen LogP contribution < -0.4 is 9.47 Å². The van der Waals surface area contributed by atoms with Crippen LogP contribution >= 0.6 is 0 Å². The first kappa shape index (κ1) is 10.9. The van der Waals surface area contributed by atoms with Crippen molar-refractivity contribution in [3.8, 4) is 22.8 Å². The Balaban J connectivity index is 2.09. The minimum Gasteiger partial charge on any atom is -0.463 e. The molecular formula is C13H10O5. The lowest BCUT2D eigenvalue weighted by Gasteiger charge is -2.02.